The molecule has 0 amide bonds. The first-order valence-corrected chi connectivity index (χ1v) is 13.4. The number of thiazole rings is 1. The van der Waals surface area contributed by atoms with Gasteiger partial charge in [0.1, 0.15) is 17.5 Å². The summed E-state index contributed by atoms with van der Waals surface area (Å²) in [5, 5.41) is 4.25. The van der Waals surface area contributed by atoms with Crippen molar-refractivity contribution < 1.29 is 21.6 Å². The maximum Gasteiger partial charge on any atom is 0.268 e. The van der Waals surface area contributed by atoms with Crippen molar-refractivity contribution in [1.29, 1.82) is 0 Å². The third kappa shape index (κ3) is 4.27. The number of aromatic nitrogens is 1. The number of anilines is 2. The minimum Gasteiger partial charge on any atom is -0.381 e. The Hall–Kier alpha value is -2.63. The average Bonchev–Trinajstić information content (AvgIpc) is 3.21. The highest BCUT2D eigenvalue weighted by atomic mass is 32.2. The van der Waals surface area contributed by atoms with Gasteiger partial charge in [0.25, 0.3) is 10.0 Å². The molecule has 180 valence electrons. The van der Waals surface area contributed by atoms with Crippen LogP contribution >= 0.6 is 11.3 Å². The monoisotopic (exact) mass is 508 g/mol. The topological polar surface area (TPSA) is 74.3 Å². The summed E-state index contributed by atoms with van der Waals surface area (Å²) in [4.78, 5) is 5.05. The minimum atomic E-state index is -4.51. The standard InChI is InChI=1S/C23H23F3N4O2S2/c24-18-4-1-3-15(12-30-8-7-23(30)5-2-6-23)17(18)11-27-16-9-19(25)22(20(26)10-16)34(31,32)29-21-13-33-14-28-21/h1,3-4,9-10,13-14,27,29H,2,5-8,11-12H2. The van der Waals surface area contributed by atoms with Gasteiger partial charge in [0.2, 0.25) is 0 Å². The molecule has 1 aliphatic heterocycles. The van der Waals surface area contributed by atoms with Gasteiger partial charge < -0.3 is 5.32 Å². The molecule has 2 heterocycles. The lowest BCUT2D eigenvalue weighted by Gasteiger charge is -2.59. The van der Waals surface area contributed by atoms with Crippen molar-refractivity contribution in [1.82, 2.24) is 9.88 Å². The molecule has 11 heteroatoms. The van der Waals surface area contributed by atoms with Gasteiger partial charge in [0, 0.05) is 41.8 Å². The molecule has 34 heavy (non-hydrogen) atoms. The quantitative estimate of drug-likeness (QED) is 0.443. The number of likely N-dealkylation sites (tertiary alicyclic amines) is 1. The summed E-state index contributed by atoms with van der Waals surface area (Å²) >= 11 is 1.14. The number of nitrogens with one attached hydrogen (secondary N) is 2. The Balaban J connectivity index is 1.33. The van der Waals surface area contributed by atoms with E-state index in [1.807, 2.05) is 6.07 Å². The highest BCUT2D eigenvalue weighted by Crippen LogP contribution is 2.47. The van der Waals surface area contributed by atoms with Crippen LogP contribution in [0, 0.1) is 17.5 Å². The van der Waals surface area contributed by atoms with Crippen LogP contribution in [0.1, 0.15) is 36.8 Å². The summed E-state index contributed by atoms with van der Waals surface area (Å²) in [6.07, 6.45) is 4.72. The van der Waals surface area contributed by atoms with Crippen molar-refractivity contribution in [2.24, 2.45) is 0 Å². The molecule has 1 saturated heterocycles. The molecular weight excluding hydrogens is 485 g/mol. The van der Waals surface area contributed by atoms with Crippen LogP contribution in [-0.2, 0) is 23.1 Å². The van der Waals surface area contributed by atoms with Crippen LogP contribution in [-0.4, -0.2) is 30.4 Å². The van der Waals surface area contributed by atoms with Gasteiger partial charge in [-0.25, -0.2) is 26.6 Å². The lowest BCUT2D eigenvalue weighted by molar-refractivity contribution is -0.0790. The lowest BCUT2D eigenvalue weighted by atomic mass is 9.67. The summed E-state index contributed by atoms with van der Waals surface area (Å²) in [7, 11) is -4.51. The Bertz CT molecular complexity index is 1280. The largest absolute Gasteiger partial charge is 0.381 e. The second-order valence-corrected chi connectivity index (χ2v) is 11.1. The van der Waals surface area contributed by atoms with Gasteiger partial charge in [0.05, 0.1) is 5.51 Å². The molecule has 0 unspecified atom stereocenters. The van der Waals surface area contributed by atoms with Crippen molar-refractivity contribution >= 4 is 32.9 Å². The Labute approximate surface area is 199 Å². The third-order valence-electron chi connectivity index (χ3n) is 6.79. The Morgan fingerprint density at radius 1 is 1.09 bits per heavy atom. The van der Waals surface area contributed by atoms with Crippen molar-refractivity contribution in [2.75, 3.05) is 16.6 Å². The molecule has 1 aromatic heterocycles. The molecule has 2 fully saturated rings. The molecule has 0 atom stereocenters. The van der Waals surface area contributed by atoms with Gasteiger partial charge in [-0.3, -0.25) is 9.62 Å². The molecule has 2 aromatic carbocycles. The first-order valence-electron chi connectivity index (χ1n) is 10.9. The third-order valence-corrected chi connectivity index (χ3v) is 8.78. The maximum atomic E-state index is 14.7. The Kier molecular flexibility index (Phi) is 6.03. The SMILES string of the molecule is O=S(=O)(Nc1cscn1)c1c(F)cc(NCc2c(F)cccc2CN2CCC23CCC3)cc1F. The smallest absolute Gasteiger partial charge is 0.268 e. The number of sulfonamides is 1. The average molecular weight is 509 g/mol. The number of hydrogen-bond donors (Lipinski definition) is 2. The van der Waals surface area contributed by atoms with E-state index in [1.165, 1.54) is 42.6 Å². The number of benzene rings is 2. The molecule has 1 aliphatic carbocycles. The van der Waals surface area contributed by atoms with E-state index < -0.39 is 32.4 Å². The molecule has 5 rings (SSSR count). The van der Waals surface area contributed by atoms with Crippen LogP contribution in [0.2, 0.25) is 0 Å². The van der Waals surface area contributed by atoms with E-state index in [2.05, 4.69) is 19.9 Å². The Morgan fingerprint density at radius 3 is 2.44 bits per heavy atom. The zero-order valence-corrected chi connectivity index (χ0v) is 19.8. The van der Waals surface area contributed by atoms with Crippen LogP contribution in [0.25, 0.3) is 0 Å². The molecule has 1 saturated carbocycles. The molecular formula is C23H23F3N4O2S2. The van der Waals surface area contributed by atoms with E-state index in [1.54, 1.807) is 6.07 Å². The molecule has 0 bridgehead atoms. The van der Waals surface area contributed by atoms with Crippen LogP contribution in [0.3, 0.4) is 0 Å². The first-order chi connectivity index (χ1) is 16.3. The number of nitrogens with zero attached hydrogens (tertiary/aromatic N) is 2. The fourth-order valence-electron chi connectivity index (χ4n) is 4.70. The second-order valence-electron chi connectivity index (χ2n) is 8.73. The molecule has 1 spiro atoms. The Morgan fingerprint density at radius 2 is 1.85 bits per heavy atom. The lowest BCUT2D eigenvalue weighted by Crippen LogP contribution is -2.63. The van der Waals surface area contributed by atoms with E-state index in [9.17, 15) is 21.6 Å². The normalized spacial score (nSPS) is 17.3. The van der Waals surface area contributed by atoms with Gasteiger partial charge in [-0.15, -0.1) is 11.3 Å². The van der Waals surface area contributed by atoms with Crippen molar-refractivity contribution in [3.8, 4) is 0 Å². The van der Waals surface area contributed by atoms with Crippen molar-refractivity contribution in [3.05, 3.63) is 69.8 Å². The number of halogens is 3. The van der Waals surface area contributed by atoms with Crippen molar-refractivity contribution in [3.63, 3.8) is 0 Å². The number of hydrogen-bond acceptors (Lipinski definition) is 6. The van der Waals surface area contributed by atoms with Gasteiger partial charge in [-0.1, -0.05) is 12.1 Å². The summed E-state index contributed by atoms with van der Waals surface area (Å²) in [5.41, 5.74) is 2.91. The zero-order valence-electron chi connectivity index (χ0n) is 18.2. The van der Waals surface area contributed by atoms with Crippen LogP contribution in [0.5, 0.6) is 0 Å². The van der Waals surface area contributed by atoms with Crippen molar-refractivity contribution in [2.45, 2.75) is 49.2 Å². The van der Waals surface area contributed by atoms with E-state index in [4.69, 9.17) is 0 Å². The van der Waals surface area contributed by atoms with E-state index in [0.29, 0.717) is 12.1 Å². The van der Waals surface area contributed by atoms with Crippen LogP contribution in [0.15, 0.2) is 46.1 Å². The first kappa shape index (κ1) is 23.1. The summed E-state index contributed by atoms with van der Waals surface area (Å²) < 4.78 is 71.0. The fourth-order valence-corrected chi connectivity index (χ4v) is 6.38. The van der Waals surface area contributed by atoms with Gasteiger partial charge in [0.15, 0.2) is 10.7 Å². The van der Waals surface area contributed by atoms with E-state index >= 15 is 0 Å². The van der Waals surface area contributed by atoms with Crippen LogP contribution < -0.4 is 10.0 Å². The van der Waals surface area contributed by atoms with Crippen LogP contribution in [0.4, 0.5) is 24.7 Å². The van der Waals surface area contributed by atoms with Gasteiger partial charge >= 0.3 is 0 Å². The predicted molar refractivity (Wildman–Crippen MR) is 125 cm³/mol. The molecule has 3 aromatic rings. The van der Waals surface area contributed by atoms with E-state index in [0.717, 1.165) is 35.6 Å². The fraction of sp³-hybridized carbons (Fsp3) is 0.348. The zero-order chi connectivity index (χ0) is 23.9. The van der Waals surface area contributed by atoms with Gasteiger partial charge in [-0.2, -0.15) is 0 Å². The molecule has 2 N–H and O–H groups in total. The summed E-state index contributed by atoms with van der Waals surface area (Å²) in [5.74, 6) is -2.94. The van der Waals surface area contributed by atoms with Gasteiger partial charge in [-0.05, 0) is 49.4 Å². The minimum absolute atomic E-state index is 0.00486. The van der Waals surface area contributed by atoms with E-state index in [-0.39, 0.29) is 23.6 Å². The molecule has 6 nitrogen and oxygen atoms in total. The summed E-state index contributed by atoms with van der Waals surface area (Å²) in [6, 6.07) is 6.66. The maximum absolute atomic E-state index is 14.7. The highest BCUT2D eigenvalue weighted by molar-refractivity contribution is 7.92. The summed E-state index contributed by atoms with van der Waals surface area (Å²) in [6.45, 7) is 1.60. The number of rotatable bonds is 8. The molecule has 0 radical (unpaired) electrons. The predicted octanol–water partition coefficient (Wildman–Crippen LogP) is 5.10. The molecule has 2 aliphatic rings. The second kappa shape index (κ2) is 8.86. The highest BCUT2D eigenvalue weighted by Gasteiger charge is 2.48.